The van der Waals surface area contributed by atoms with Gasteiger partial charge in [0.1, 0.15) is 6.07 Å². The number of aromatic nitrogens is 1. The molecule has 2 fully saturated rings. The highest BCUT2D eigenvalue weighted by Crippen LogP contribution is 2.26. The molecule has 0 aromatic carbocycles. The molecule has 2 saturated heterocycles. The summed E-state index contributed by atoms with van der Waals surface area (Å²) in [5, 5.41) is 9.16. The maximum absolute atomic E-state index is 9.16. The second-order valence-corrected chi connectivity index (χ2v) is 5.74. The number of likely N-dealkylation sites (tertiary alicyclic amines) is 1. The molecule has 3 rings (SSSR count). The predicted molar refractivity (Wildman–Crippen MR) is 78.4 cm³/mol. The van der Waals surface area contributed by atoms with E-state index in [1.165, 1.54) is 0 Å². The second kappa shape index (κ2) is 5.78. The van der Waals surface area contributed by atoms with Crippen LogP contribution in [0.1, 0.15) is 25.0 Å². The van der Waals surface area contributed by atoms with Gasteiger partial charge in [-0.15, -0.1) is 0 Å². The van der Waals surface area contributed by atoms with E-state index in [2.05, 4.69) is 20.9 Å². The van der Waals surface area contributed by atoms with Crippen LogP contribution in [0.3, 0.4) is 0 Å². The van der Waals surface area contributed by atoms with Gasteiger partial charge in [0.25, 0.3) is 0 Å². The minimum Gasteiger partial charge on any atom is -0.368 e. The Morgan fingerprint density at radius 1 is 1.25 bits per heavy atom. The Morgan fingerprint density at radius 2 is 2.05 bits per heavy atom. The average Bonchev–Trinajstić information content (AvgIpc) is 2.97. The van der Waals surface area contributed by atoms with Gasteiger partial charge >= 0.3 is 0 Å². The van der Waals surface area contributed by atoms with Crippen molar-refractivity contribution in [3.63, 3.8) is 0 Å². The summed E-state index contributed by atoms with van der Waals surface area (Å²) in [6.07, 6.45) is 5.05. The highest BCUT2D eigenvalue weighted by atomic mass is 15.3. The van der Waals surface area contributed by atoms with Crippen molar-refractivity contribution in [3.8, 4) is 6.07 Å². The van der Waals surface area contributed by atoms with Gasteiger partial charge < -0.3 is 10.6 Å². The van der Waals surface area contributed by atoms with Crippen LogP contribution in [-0.4, -0.2) is 48.1 Å². The summed E-state index contributed by atoms with van der Waals surface area (Å²) in [6.45, 7) is 4.22. The molecule has 5 heteroatoms. The zero-order chi connectivity index (χ0) is 13.9. The third-order valence-corrected chi connectivity index (χ3v) is 4.49. The smallest absolute Gasteiger partial charge is 0.163 e. The van der Waals surface area contributed by atoms with E-state index in [4.69, 9.17) is 11.0 Å². The van der Waals surface area contributed by atoms with Crippen molar-refractivity contribution in [2.24, 2.45) is 5.73 Å². The number of pyridine rings is 1. The molecule has 0 saturated carbocycles. The molecule has 1 aromatic heterocycles. The summed E-state index contributed by atoms with van der Waals surface area (Å²) in [4.78, 5) is 9.01. The van der Waals surface area contributed by atoms with E-state index in [1.807, 2.05) is 12.1 Å². The van der Waals surface area contributed by atoms with Gasteiger partial charge in [0.05, 0.1) is 5.69 Å². The molecule has 3 heterocycles. The monoisotopic (exact) mass is 271 g/mol. The summed E-state index contributed by atoms with van der Waals surface area (Å²) >= 11 is 0. The van der Waals surface area contributed by atoms with Crippen molar-refractivity contribution >= 4 is 5.69 Å². The van der Waals surface area contributed by atoms with E-state index in [1.54, 1.807) is 6.20 Å². The first kappa shape index (κ1) is 13.3. The van der Waals surface area contributed by atoms with Crippen LogP contribution < -0.4 is 10.6 Å². The molecule has 0 amide bonds. The summed E-state index contributed by atoms with van der Waals surface area (Å²) in [5.74, 6) is 0. The molecule has 2 N–H and O–H groups in total. The SMILES string of the molecule is N#Cc1ncccc1N1CCC(N2CCC(N)CC2)C1. The Morgan fingerprint density at radius 3 is 2.80 bits per heavy atom. The fourth-order valence-electron chi connectivity index (χ4n) is 3.28. The van der Waals surface area contributed by atoms with Crippen molar-refractivity contribution in [2.45, 2.75) is 31.3 Å². The van der Waals surface area contributed by atoms with Crippen LogP contribution in [0.2, 0.25) is 0 Å². The van der Waals surface area contributed by atoms with Crippen molar-refractivity contribution in [2.75, 3.05) is 31.1 Å². The second-order valence-electron chi connectivity index (χ2n) is 5.74. The minimum absolute atomic E-state index is 0.382. The van der Waals surface area contributed by atoms with Crippen molar-refractivity contribution < 1.29 is 0 Å². The third-order valence-electron chi connectivity index (χ3n) is 4.49. The van der Waals surface area contributed by atoms with Gasteiger partial charge in [0, 0.05) is 31.4 Å². The topological polar surface area (TPSA) is 69.2 Å². The normalized spacial score (nSPS) is 24.8. The van der Waals surface area contributed by atoms with Crippen molar-refractivity contribution in [1.82, 2.24) is 9.88 Å². The molecule has 1 unspecified atom stereocenters. The van der Waals surface area contributed by atoms with Gasteiger partial charge in [0.2, 0.25) is 0 Å². The first-order valence-corrected chi connectivity index (χ1v) is 7.37. The highest BCUT2D eigenvalue weighted by molar-refractivity contribution is 5.56. The Labute approximate surface area is 120 Å². The zero-order valence-electron chi connectivity index (χ0n) is 11.7. The van der Waals surface area contributed by atoms with Gasteiger partial charge in [0.15, 0.2) is 5.69 Å². The quantitative estimate of drug-likeness (QED) is 0.867. The Balaban J connectivity index is 1.66. The molecule has 106 valence electrons. The minimum atomic E-state index is 0.382. The lowest BCUT2D eigenvalue weighted by molar-refractivity contribution is 0.163. The summed E-state index contributed by atoms with van der Waals surface area (Å²) in [7, 11) is 0. The summed E-state index contributed by atoms with van der Waals surface area (Å²) in [6, 6.07) is 7.07. The third kappa shape index (κ3) is 2.62. The van der Waals surface area contributed by atoms with E-state index < -0.39 is 0 Å². The van der Waals surface area contributed by atoms with Gasteiger partial charge in [-0.2, -0.15) is 5.26 Å². The molecular formula is C15H21N5. The number of hydrogen-bond donors (Lipinski definition) is 1. The maximum atomic E-state index is 9.16. The fourth-order valence-corrected chi connectivity index (χ4v) is 3.28. The number of rotatable bonds is 2. The fraction of sp³-hybridized carbons (Fsp3) is 0.600. The molecule has 20 heavy (non-hydrogen) atoms. The van der Waals surface area contributed by atoms with Crippen LogP contribution >= 0.6 is 0 Å². The Kier molecular flexibility index (Phi) is 3.86. The van der Waals surface area contributed by atoms with Crippen molar-refractivity contribution in [1.29, 1.82) is 5.26 Å². The lowest BCUT2D eigenvalue weighted by Crippen LogP contribution is -2.46. The number of piperidine rings is 1. The predicted octanol–water partition coefficient (Wildman–Crippen LogP) is 0.955. The van der Waals surface area contributed by atoms with Gasteiger partial charge in [-0.1, -0.05) is 0 Å². The van der Waals surface area contributed by atoms with E-state index in [0.29, 0.717) is 17.8 Å². The molecule has 0 bridgehead atoms. The molecule has 1 atom stereocenters. The van der Waals surface area contributed by atoms with Crippen LogP contribution in [0.4, 0.5) is 5.69 Å². The largest absolute Gasteiger partial charge is 0.368 e. The van der Waals surface area contributed by atoms with Crippen LogP contribution in [-0.2, 0) is 0 Å². The molecule has 0 spiro atoms. The molecule has 5 nitrogen and oxygen atoms in total. The molecule has 1 aromatic rings. The molecule has 2 aliphatic rings. The van der Waals surface area contributed by atoms with E-state index in [9.17, 15) is 0 Å². The van der Waals surface area contributed by atoms with Crippen molar-refractivity contribution in [3.05, 3.63) is 24.0 Å². The van der Waals surface area contributed by atoms with E-state index in [-0.39, 0.29) is 0 Å². The number of hydrogen-bond acceptors (Lipinski definition) is 5. The maximum Gasteiger partial charge on any atom is 0.163 e. The van der Waals surface area contributed by atoms with Crippen LogP contribution in [0.25, 0.3) is 0 Å². The Bertz CT molecular complexity index is 501. The Hall–Kier alpha value is -1.64. The first-order valence-electron chi connectivity index (χ1n) is 7.37. The lowest BCUT2D eigenvalue weighted by Gasteiger charge is -2.34. The van der Waals surface area contributed by atoms with E-state index >= 15 is 0 Å². The average molecular weight is 271 g/mol. The number of anilines is 1. The lowest BCUT2D eigenvalue weighted by atomic mass is 10.0. The zero-order valence-corrected chi connectivity index (χ0v) is 11.7. The highest BCUT2D eigenvalue weighted by Gasteiger charge is 2.30. The van der Waals surface area contributed by atoms with Crippen LogP contribution in [0, 0.1) is 11.3 Å². The number of nitrogens with zero attached hydrogens (tertiary/aromatic N) is 4. The molecule has 2 aliphatic heterocycles. The van der Waals surface area contributed by atoms with Gasteiger partial charge in [-0.3, -0.25) is 4.90 Å². The van der Waals surface area contributed by atoms with Gasteiger partial charge in [-0.05, 0) is 44.5 Å². The summed E-state index contributed by atoms with van der Waals surface area (Å²) in [5.41, 5.74) is 7.48. The molecule has 0 aliphatic carbocycles. The van der Waals surface area contributed by atoms with Gasteiger partial charge in [-0.25, -0.2) is 4.98 Å². The van der Waals surface area contributed by atoms with Crippen LogP contribution in [0.15, 0.2) is 18.3 Å². The summed E-state index contributed by atoms with van der Waals surface area (Å²) < 4.78 is 0. The van der Waals surface area contributed by atoms with Crippen LogP contribution in [0.5, 0.6) is 0 Å². The number of nitrogens with two attached hydrogens (primary N) is 1. The van der Waals surface area contributed by atoms with E-state index in [0.717, 1.165) is 51.1 Å². The molecular weight excluding hydrogens is 250 g/mol. The molecule has 0 radical (unpaired) electrons. The first-order chi connectivity index (χ1) is 9.78. The number of nitriles is 1. The standard InChI is InChI=1S/C15H21N5/c16-10-14-15(2-1-6-18-14)20-9-5-13(11-20)19-7-3-12(17)4-8-19/h1-2,6,12-13H,3-5,7-9,11,17H2.